The van der Waals surface area contributed by atoms with E-state index < -0.39 is 10.8 Å². The molecule has 5 nitrogen and oxygen atoms in total. The summed E-state index contributed by atoms with van der Waals surface area (Å²) in [6.45, 7) is 0.534. The number of benzene rings is 1. The molecule has 1 aromatic heterocycles. The van der Waals surface area contributed by atoms with Gasteiger partial charge < -0.3 is 11.1 Å². The van der Waals surface area contributed by atoms with E-state index in [1.807, 2.05) is 30.3 Å². The number of halogens is 1. The molecule has 0 radical (unpaired) electrons. The molecule has 0 bridgehead atoms. The van der Waals surface area contributed by atoms with E-state index in [2.05, 4.69) is 15.3 Å². The van der Waals surface area contributed by atoms with Crippen LogP contribution < -0.4 is 11.1 Å². The normalized spacial score (nSPS) is 12.1. The number of nitrogens with one attached hydrogen (secondary N) is 1. The van der Waals surface area contributed by atoms with Crippen molar-refractivity contribution in [3.63, 3.8) is 0 Å². The van der Waals surface area contributed by atoms with Crippen LogP contribution in [0.1, 0.15) is 5.56 Å². The standard InChI is InChI=1S/C13H15ClN4OS/c14-11-8-12(18-13(15)17-11)16-6-7-20(19)9-10-4-2-1-3-5-10/h1-5,8H,6-7,9H2,(H3,15,16,17,18). The van der Waals surface area contributed by atoms with Crippen LogP contribution >= 0.6 is 11.6 Å². The average molecular weight is 311 g/mol. The molecule has 7 heteroatoms. The lowest BCUT2D eigenvalue weighted by Crippen LogP contribution is -2.13. The highest BCUT2D eigenvalue weighted by atomic mass is 35.5. The molecule has 0 aliphatic heterocycles. The van der Waals surface area contributed by atoms with Gasteiger partial charge in [0.25, 0.3) is 0 Å². The van der Waals surface area contributed by atoms with Crippen LogP contribution in [0.3, 0.4) is 0 Å². The van der Waals surface area contributed by atoms with E-state index in [-0.39, 0.29) is 11.1 Å². The summed E-state index contributed by atoms with van der Waals surface area (Å²) < 4.78 is 11.9. The minimum absolute atomic E-state index is 0.116. The summed E-state index contributed by atoms with van der Waals surface area (Å²) in [5.41, 5.74) is 6.56. The van der Waals surface area contributed by atoms with Gasteiger partial charge >= 0.3 is 0 Å². The molecule has 1 unspecified atom stereocenters. The van der Waals surface area contributed by atoms with Crippen molar-refractivity contribution < 1.29 is 4.21 Å². The van der Waals surface area contributed by atoms with Gasteiger partial charge in [0.15, 0.2) is 0 Å². The minimum atomic E-state index is -0.925. The van der Waals surface area contributed by atoms with Crippen LogP contribution in [-0.2, 0) is 16.6 Å². The summed E-state index contributed by atoms with van der Waals surface area (Å²) in [5, 5.41) is 3.32. The van der Waals surface area contributed by atoms with E-state index in [0.717, 1.165) is 5.56 Å². The van der Waals surface area contributed by atoms with Gasteiger partial charge in [-0.1, -0.05) is 41.9 Å². The Bertz CT molecular complexity index is 574. The zero-order valence-electron chi connectivity index (χ0n) is 10.8. The van der Waals surface area contributed by atoms with E-state index in [9.17, 15) is 4.21 Å². The van der Waals surface area contributed by atoms with E-state index in [0.29, 0.717) is 23.9 Å². The van der Waals surface area contributed by atoms with Gasteiger partial charge in [0.2, 0.25) is 5.95 Å². The van der Waals surface area contributed by atoms with Crippen LogP contribution in [0.15, 0.2) is 36.4 Å². The third-order valence-corrected chi connectivity index (χ3v) is 4.03. The predicted molar refractivity (Wildman–Crippen MR) is 83.1 cm³/mol. The van der Waals surface area contributed by atoms with Crippen LogP contribution in [0.4, 0.5) is 11.8 Å². The molecular weight excluding hydrogens is 296 g/mol. The summed E-state index contributed by atoms with van der Waals surface area (Å²) in [6.07, 6.45) is 0. The van der Waals surface area contributed by atoms with Crippen molar-refractivity contribution in [1.82, 2.24) is 9.97 Å². The molecule has 0 saturated carbocycles. The van der Waals surface area contributed by atoms with Gasteiger partial charge in [0.05, 0.1) is 0 Å². The van der Waals surface area contributed by atoms with Gasteiger partial charge in [-0.15, -0.1) is 0 Å². The van der Waals surface area contributed by atoms with Crippen LogP contribution in [-0.4, -0.2) is 26.5 Å². The number of nitrogens with two attached hydrogens (primary N) is 1. The number of hydrogen-bond donors (Lipinski definition) is 2. The second-order valence-electron chi connectivity index (χ2n) is 4.13. The fourth-order valence-electron chi connectivity index (χ4n) is 1.65. The quantitative estimate of drug-likeness (QED) is 0.798. The summed E-state index contributed by atoms with van der Waals surface area (Å²) in [4.78, 5) is 7.75. The number of aromatic nitrogens is 2. The minimum Gasteiger partial charge on any atom is -0.369 e. The van der Waals surface area contributed by atoms with Gasteiger partial charge in [0.1, 0.15) is 11.0 Å². The lowest BCUT2D eigenvalue weighted by Gasteiger charge is -2.06. The van der Waals surface area contributed by atoms with Gasteiger partial charge in [-0.2, -0.15) is 4.98 Å². The molecule has 0 amide bonds. The summed E-state index contributed by atoms with van der Waals surface area (Å²) in [6, 6.07) is 11.3. The van der Waals surface area contributed by atoms with E-state index >= 15 is 0 Å². The molecule has 0 saturated heterocycles. The molecule has 2 rings (SSSR count). The fraction of sp³-hybridized carbons (Fsp3) is 0.231. The molecule has 106 valence electrons. The lowest BCUT2D eigenvalue weighted by molar-refractivity contribution is 0.682. The largest absolute Gasteiger partial charge is 0.369 e. The molecule has 0 aliphatic carbocycles. The molecule has 2 aromatic rings. The summed E-state index contributed by atoms with van der Waals surface area (Å²) >= 11 is 5.77. The molecular formula is C13H15ClN4OS. The maximum Gasteiger partial charge on any atom is 0.223 e. The molecule has 0 fully saturated rings. The summed E-state index contributed by atoms with van der Waals surface area (Å²) in [7, 11) is -0.925. The first kappa shape index (κ1) is 14.7. The summed E-state index contributed by atoms with van der Waals surface area (Å²) in [5.74, 6) is 1.73. The molecule has 3 N–H and O–H groups in total. The molecule has 0 spiro atoms. The Morgan fingerprint density at radius 2 is 2.00 bits per heavy atom. The number of hydrogen-bond acceptors (Lipinski definition) is 5. The monoisotopic (exact) mass is 310 g/mol. The van der Waals surface area contributed by atoms with Gasteiger partial charge in [-0.25, -0.2) is 4.98 Å². The van der Waals surface area contributed by atoms with Crippen molar-refractivity contribution in [2.75, 3.05) is 23.3 Å². The zero-order chi connectivity index (χ0) is 14.4. The van der Waals surface area contributed by atoms with Crippen molar-refractivity contribution in [3.8, 4) is 0 Å². The van der Waals surface area contributed by atoms with E-state index in [1.165, 1.54) is 0 Å². The third kappa shape index (κ3) is 4.79. The van der Waals surface area contributed by atoms with Crippen molar-refractivity contribution in [2.45, 2.75) is 5.75 Å². The highest BCUT2D eigenvalue weighted by Crippen LogP contribution is 2.12. The first-order valence-corrected chi connectivity index (χ1v) is 7.93. The number of nitrogen functional groups attached to an aromatic ring is 1. The molecule has 20 heavy (non-hydrogen) atoms. The number of nitrogens with zero attached hydrogens (tertiary/aromatic N) is 2. The lowest BCUT2D eigenvalue weighted by atomic mass is 10.2. The smallest absolute Gasteiger partial charge is 0.223 e. The Labute approximate surface area is 125 Å². The average Bonchev–Trinajstić information content (AvgIpc) is 2.38. The molecule has 1 aromatic carbocycles. The maximum absolute atomic E-state index is 11.9. The predicted octanol–water partition coefficient (Wildman–Crippen LogP) is 2.07. The third-order valence-electron chi connectivity index (χ3n) is 2.52. The van der Waals surface area contributed by atoms with Gasteiger partial charge in [-0.3, -0.25) is 4.21 Å². The number of rotatable bonds is 6. The van der Waals surface area contributed by atoms with Gasteiger partial charge in [0, 0.05) is 34.9 Å². The van der Waals surface area contributed by atoms with Crippen LogP contribution in [0.2, 0.25) is 5.15 Å². The Hall–Kier alpha value is -1.66. The molecule has 0 aliphatic rings. The first-order valence-electron chi connectivity index (χ1n) is 6.06. The Balaban J connectivity index is 1.79. The van der Waals surface area contributed by atoms with Crippen molar-refractivity contribution in [1.29, 1.82) is 0 Å². The highest BCUT2D eigenvalue weighted by Gasteiger charge is 2.03. The second-order valence-corrected chi connectivity index (χ2v) is 6.10. The zero-order valence-corrected chi connectivity index (χ0v) is 12.3. The van der Waals surface area contributed by atoms with Crippen LogP contribution in [0.5, 0.6) is 0 Å². The highest BCUT2D eigenvalue weighted by molar-refractivity contribution is 7.84. The number of anilines is 2. The van der Waals surface area contributed by atoms with Crippen LogP contribution in [0, 0.1) is 0 Å². The van der Waals surface area contributed by atoms with Crippen molar-refractivity contribution >= 4 is 34.2 Å². The van der Waals surface area contributed by atoms with Crippen LogP contribution in [0.25, 0.3) is 0 Å². The van der Waals surface area contributed by atoms with E-state index in [1.54, 1.807) is 6.07 Å². The Morgan fingerprint density at radius 1 is 1.25 bits per heavy atom. The second kappa shape index (κ2) is 7.21. The fourth-order valence-corrected chi connectivity index (χ4v) is 2.88. The Morgan fingerprint density at radius 3 is 2.70 bits per heavy atom. The SMILES string of the molecule is Nc1nc(Cl)cc(NCCS(=O)Cc2ccccc2)n1. The molecule has 1 atom stereocenters. The maximum atomic E-state index is 11.9. The first-order chi connectivity index (χ1) is 9.63. The van der Waals surface area contributed by atoms with Crippen molar-refractivity contribution in [3.05, 3.63) is 47.1 Å². The van der Waals surface area contributed by atoms with E-state index in [4.69, 9.17) is 17.3 Å². The molecule has 1 heterocycles. The van der Waals surface area contributed by atoms with Gasteiger partial charge in [-0.05, 0) is 5.56 Å². The Kier molecular flexibility index (Phi) is 5.31. The van der Waals surface area contributed by atoms with Crippen molar-refractivity contribution in [2.24, 2.45) is 0 Å². The topological polar surface area (TPSA) is 80.9 Å².